The first-order valence-electron chi connectivity index (χ1n) is 11.9. The van der Waals surface area contributed by atoms with Gasteiger partial charge >= 0.3 is 0 Å². The second-order valence-corrected chi connectivity index (χ2v) is 13.6. The summed E-state index contributed by atoms with van der Waals surface area (Å²) in [5.41, 5.74) is 7.91. The summed E-state index contributed by atoms with van der Waals surface area (Å²) in [6, 6.07) is 4.72. The monoisotopic (exact) mass is 401 g/mol. The molecule has 0 spiro atoms. The quantitative estimate of drug-likeness (QED) is 0.487. The fraction of sp³-hybridized carbons (Fsp3) is 0.769. The lowest BCUT2D eigenvalue weighted by Crippen LogP contribution is -2.39. The third kappa shape index (κ3) is 5.33. The Balaban J connectivity index is 1.96. The maximum absolute atomic E-state index is 4.21. The van der Waals surface area contributed by atoms with Crippen molar-refractivity contribution >= 4 is 13.6 Å². The molecule has 0 saturated heterocycles. The van der Waals surface area contributed by atoms with Gasteiger partial charge in [-0.25, -0.2) is 0 Å². The summed E-state index contributed by atoms with van der Waals surface area (Å²) in [4.78, 5) is 0. The van der Waals surface area contributed by atoms with Gasteiger partial charge in [-0.1, -0.05) is 84.9 Å². The van der Waals surface area contributed by atoms with Crippen LogP contribution in [-0.2, 0) is 0 Å². The molecule has 3 rings (SSSR count). The van der Waals surface area contributed by atoms with Gasteiger partial charge in [-0.15, -0.1) is 0 Å². The van der Waals surface area contributed by atoms with E-state index >= 15 is 0 Å². The van der Waals surface area contributed by atoms with Crippen molar-refractivity contribution in [3.63, 3.8) is 0 Å². The molecule has 1 atom stereocenters. The van der Waals surface area contributed by atoms with E-state index in [-0.39, 0.29) is 7.92 Å². The molecule has 0 radical (unpaired) electrons. The average molecular weight is 402 g/mol. The van der Waals surface area contributed by atoms with Crippen molar-refractivity contribution in [2.24, 2.45) is 5.41 Å². The van der Waals surface area contributed by atoms with Crippen molar-refractivity contribution in [3.8, 4) is 0 Å². The number of aryl methyl sites for hydroxylation is 3. The Labute approximate surface area is 176 Å². The summed E-state index contributed by atoms with van der Waals surface area (Å²) in [7, 11) is -0.0157. The van der Waals surface area contributed by atoms with Crippen LogP contribution in [-0.4, -0.2) is 17.1 Å². The van der Waals surface area contributed by atoms with Crippen LogP contribution in [0.15, 0.2) is 12.1 Å². The molecule has 2 heteroatoms. The zero-order chi connectivity index (χ0) is 20.3. The van der Waals surface area contributed by atoms with Crippen molar-refractivity contribution < 1.29 is 0 Å². The number of anilines is 1. The van der Waals surface area contributed by atoms with Gasteiger partial charge in [0.1, 0.15) is 0 Å². The molecule has 0 aliphatic heterocycles. The van der Waals surface area contributed by atoms with Crippen LogP contribution in [0.2, 0.25) is 0 Å². The topological polar surface area (TPSA) is 12.0 Å². The molecule has 2 fully saturated rings. The SMILES string of the molecule is Cc1cc(C)c(NC(P(C2CCCCC2)C2CCCCC2)C(C)(C)C)c(C)c1. The molecule has 2 saturated carbocycles. The highest BCUT2D eigenvalue weighted by atomic mass is 31.1. The summed E-state index contributed by atoms with van der Waals surface area (Å²) >= 11 is 0. The Kier molecular flexibility index (Phi) is 7.52. The molecule has 0 amide bonds. The van der Waals surface area contributed by atoms with Crippen LogP contribution in [0, 0.1) is 26.2 Å². The molecule has 2 aliphatic rings. The van der Waals surface area contributed by atoms with E-state index in [2.05, 4.69) is 59.0 Å². The Morgan fingerprint density at radius 3 is 1.61 bits per heavy atom. The maximum Gasteiger partial charge on any atom is 0.0512 e. The van der Waals surface area contributed by atoms with Gasteiger partial charge in [-0.3, -0.25) is 0 Å². The second-order valence-electron chi connectivity index (χ2n) is 10.7. The first kappa shape index (κ1) is 22.1. The zero-order valence-electron chi connectivity index (χ0n) is 19.4. The molecule has 1 nitrogen and oxygen atoms in total. The summed E-state index contributed by atoms with van der Waals surface area (Å²) in [6.45, 7) is 14.3. The third-order valence-corrected chi connectivity index (χ3v) is 11.3. The largest absolute Gasteiger partial charge is 0.378 e. The van der Waals surface area contributed by atoms with Gasteiger partial charge < -0.3 is 5.32 Å². The zero-order valence-corrected chi connectivity index (χ0v) is 20.3. The lowest BCUT2D eigenvalue weighted by atomic mass is 9.95. The van der Waals surface area contributed by atoms with E-state index in [4.69, 9.17) is 0 Å². The Bertz CT molecular complexity index is 591. The summed E-state index contributed by atoms with van der Waals surface area (Å²) in [5, 5.41) is 4.21. The van der Waals surface area contributed by atoms with Crippen molar-refractivity contribution in [2.45, 2.75) is 123 Å². The molecule has 0 heterocycles. The van der Waals surface area contributed by atoms with E-state index in [1.54, 1.807) is 0 Å². The molecule has 1 unspecified atom stereocenters. The van der Waals surface area contributed by atoms with E-state index in [0.717, 1.165) is 11.3 Å². The molecular formula is C26H44NP. The van der Waals surface area contributed by atoms with Crippen molar-refractivity contribution in [3.05, 3.63) is 28.8 Å². The van der Waals surface area contributed by atoms with Gasteiger partial charge in [-0.05, 0) is 74.3 Å². The van der Waals surface area contributed by atoms with Gasteiger partial charge in [0.15, 0.2) is 0 Å². The molecule has 0 aromatic heterocycles. The van der Waals surface area contributed by atoms with Crippen LogP contribution in [0.5, 0.6) is 0 Å². The predicted molar refractivity (Wildman–Crippen MR) is 128 cm³/mol. The molecule has 1 aromatic carbocycles. The van der Waals surface area contributed by atoms with Crippen LogP contribution in [0.4, 0.5) is 5.69 Å². The standard InChI is InChI=1S/C26H44NP/c1-19-17-20(2)24(21(3)18-19)27-25(26(4,5)6)28(22-13-9-7-10-14-22)23-15-11-8-12-16-23/h17-18,22-23,25,27H,7-16H2,1-6H3. The Hall–Kier alpha value is -0.550. The number of hydrogen-bond acceptors (Lipinski definition) is 1. The van der Waals surface area contributed by atoms with E-state index in [0.29, 0.717) is 11.2 Å². The van der Waals surface area contributed by atoms with Gasteiger partial charge in [0.25, 0.3) is 0 Å². The molecule has 28 heavy (non-hydrogen) atoms. The van der Waals surface area contributed by atoms with Crippen LogP contribution in [0.3, 0.4) is 0 Å². The van der Waals surface area contributed by atoms with Crippen LogP contribution < -0.4 is 5.32 Å². The number of rotatable bonds is 5. The molecule has 0 bridgehead atoms. The van der Waals surface area contributed by atoms with Crippen molar-refractivity contribution in [1.29, 1.82) is 0 Å². The highest BCUT2D eigenvalue weighted by Gasteiger charge is 2.41. The van der Waals surface area contributed by atoms with E-state index < -0.39 is 0 Å². The number of nitrogens with one attached hydrogen (secondary N) is 1. The Morgan fingerprint density at radius 1 is 0.786 bits per heavy atom. The van der Waals surface area contributed by atoms with E-state index in [1.165, 1.54) is 86.6 Å². The van der Waals surface area contributed by atoms with Crippen LogP contribution >= 0.6 is 7.92 Å². The minimum absolute atomic E-state index is 0.0157. The molecule has 1 N–H and O–H groups in total. The van der Waals surface area contributed by atoms with E-state index in [9.17, 15) is 0 Å². The highest BCUT2D eigenvalue weighted by Crippen LogP contribution is 2.62. The summed E-state index contributed by atoms with van der Waals surface area (Å²) in [6.07, 6.45) is 14.8. The highest BCUT2D eigenvalue weighted by molar-refractivity contribution is 7.60. The van der Waals surface area contributed by atoms with Gasteiger partial charge in [0, 0.05) is 5.69 Å². The number of benzene rings is 1. The number of hydrogen-bond donors (Lipinski definition) is 1. The maximum atomic E-state index is 4.21. The first-order valence-corrected chi connectivity index (χ1v) is 13.4. The molecule has 158 valence electrons. The normalized spacial score (nSPS) is 21.1. The molecule has 1 aromatic rings. The Morgan fingerprint density at radius 2 is 1.21 bits per heavy atom. The third-order valence-electron chi connectivity index (χ3n) is 7.07. The average Bonchev–Trinajstić information content (AvgIpc) is 2.64. The lowest BCUT2D eigenvalue weighted by molar-refractivity contribution is 0.398. The van der Waals surface area contributed by atoms with Gasteiger partial charge in [-0.2, -0.15) is 0 Å². The fourth-order valence-corrected chi connectivity index (χ4v) is 10.3. The smallest absolute Gasteiger partial charge is 0.0512 e. The lowest BCUT2D eigenvalue weighted by Gasteiger charge is -2.48. The van der Waals surface area contributed by atoms with Gasteiger partial charge in [0.2, 0.25) is 0 Å². The second kappa shape index (κ2) is 9.51. The molecular weight excluding hydrogens is 357 g/mol. The predicted octanol–water partition coefficient (Wildman–Crippen LogP) is 8.54. The van der Waals surface area contributed by atoms with Crippen LogP contribution in [0.1, 0.15) is 102 Å². The van der Waals surface area contributed by atoms with Crippen molar-refractivity contribution in [1.82, 2.24) is 0 Å². The van der Waals surface area contributed by atoms with Crippen molar-refractivity contribution in [2.75, 3.05) is 5.32 Å². The fourth-order valence-electron chi connectivity index (χ4n) is 5.76. The minimum Gasteiger partial charge on any atom is -0.378 e. The van der Waals surface area contributed by atoms with E-state index in [1.807, 2.05) is 0 Å². The van der Waals surface area contributed by atoms with Gasteiger partial charge in [0.05, 0.1) is 5.78 Å². The molecule has 2 aliphatic carbocycles. The van der Waals surface area contributed by atoms with Crippen LogP contribution in [0.25, 0.3) is 0 Å². The minimum atomic E-state index is -0.0157. The first-order chi connectivity index (χ1) is 13.3. The summed E-state index contributed by atoms with van der Waals surface area (Å²) in [5.74, 6) is 0.619. The summed E-state index contributed by atoms with van der Waals surface area (Å²) < 4.78 is 0.